The van der Waals surface area contributed by atoms with Crippen LogP contribution in [0.3, 0.4) is 0 Å². The molecule has 0 unspecified atom stereocenters. The van der Waals surface area contributed by atoms with Crippen LogP contribution in [0.4, 0.5) is 5.69 Å². The number of benzene rings is 2. The summed E-state index contributed by atoms with van der Waals surface area (Å²) < 4.78 is 0. The number of hydrogen-bond donors (Lipinski definition) is 1. The van der Waals surface area contributed by atoms with Crippen molar-refractivity contribution in [3.05, 3.63) is 54.1 Å². The minimum atomic E-state index is -0.0363. The Balaban J connectivity index is 1.63. The molecule has 3 rings (SSSR count). The Morgan fingerprint density at radius 1 is 0.920 bits per heavy atom. The van der Waals surface area contributed by atoms with Crippen molar-refractivity contribution in [1.29, 1.82) is 0 Å². The maximum absolute atomic E-state index is 11.1. The third kappa shape index (κ3) is 4.72. The molecule has 1 amide bonds. The Morgan fingerprint density at radius 2 is 1.48 bits per heavy atom. The van der Waals surface area contributed by atoms with Crippen LogP contribution in [0.2, 0.25) is 0 Å². The van der Waals surface area contributed by atoms with Crippen LogP contribution in [0.5, 0.6) is 0 Å². The molecule has 2 aromatic rings. The molecule has 2 nitrogen and oxygen atoms in total. The van der Waals surface area contributed by atoms with Crippen LogP contribution in [-0.2, 0) is 4.79 Å². The number of carbonyl (C=O) groups is 1. The second-order valence-corrected chi connectivity index (χ2v) is 7.39. The van der Waals surface area contributed by atoms with E-state index in [0.717, 1.165) is 17.5 Å². The first-order valence-electron chi connectivity index (χ1n) is 9.63. The number of carbonyl (C=O) groups excluding carboxylic acids is 1. The zero-order chi connectivity index (χ0) is 17.6. The van der Waals surface area contributed by atoms with E-state index in [9.17, 15) is 4.79 Å². The summed E-state index contributed by atoms with van der Waals surface area (Å²) in [6.45, 7) is 3.83. The van der Waals surface area contributed by atoms with Gasteiger partial charge in [-0.2, -0.15) is 0 Å². The second kappa shape index (κ2) is 8.33. The number of hydrogen-bond acceptors (Lipinski definition) is 1. The number of amides is 1. The van der Waals surface area contributed by atoms with Crippen molar-refractivity contribution in [2.75, 3.05) is 5.32 Å². The van der Waals surface area contributed by atoms with E-state index in [1.54, 1.807) is 0 Å². The lowest BCUT2D eigenvalue weighted by molar-refractivity contribution is -0.114. The van der Waals surface area contributed by atoms with Crippen molar-refractivity contribution in [2.45, 2.75) is 58.3 Å². The second-order valence-electron chi connectivity index (χ2n) is 7.39. The Morgan fingerprint density at radius 3 is 2.00 bits per heavy atom. The summed E-state index contributed by atoms with van der Waals surface area (Å²) in [5.41, 5.74) is 4.76. The van der Waals surface area contributed by atoms with Crippen LogP contribution in [0.1, 0.15) is 63.9 Å². The summed E-state index contributed by atoms with van der Waals surface area (Å²) in [5, 5.41) is 2.81. The van der Waals surface area contributed by atoms with E-state index in [-0.39, 0.29) is 5.91 Å². The summed E-state index contributed by atoms with van der Waals surface area (Å²) in [6.07, 6.45) is 8.20. The van der Waals surface area contributed by atoms with Crippen molar-refractivity contribution in [3.8, 4) is 11.1 Å². The van der Waals surface area contributed by atoms with Crippen LogP contribution in [0.25, 0.3) is 11.1 Å². The quantitative estimate of drug-likeness (QED) is 0.674. The number of anilines is 1. The van der Waals surface area contributed by atoms with Crippen LogP contribution >= 0.6 is 0 Å². The predicted octanol–water partition coefficient (Wildman–Crippen LogP) is 6.39. The van der Waals surface area contributed by atoms with Gasteiger partial charge in [0.15, 0.2) is 0 Å². The molecule has 1 N–H and O–H groups in total. The third-order valence-electron chi connectivity index (χ3n) is 5.46. The Hall–Kier alpha value is -2.09. The molecule has 2 aromatic carbocycles. The lowest BCUT2D eigenvalue weighted by atomic mass is 9.77. The highest BCUT2D eigenvalue weighted by Gasteiger charge is 2.21. The van der Waals surface area contributed by atoms with Gasteiger partial charge < -0.3 is 5.32 Å². The first-order chi connectivity index (χ1) is 12.2. The predicted molar refractivity (Wildman–Crippen MR) is 106 cm³/mol. The average Bonchev–Trinajstić information content (AvgIpc) is 2.63. The third-order valence-corrected chi connectivity index (χ3v) is 5.46. The van der Waals surface area contributed by atoms with Gasteiger partial charge in [-0.05, 0) is 66.3 Å². The maximum atomic E-state index is 11.1. The highest BCUT2D eigenvalue weighted by atomic mass is 16.1. The largest absolute Gasteiger partial charge is 0.326 e. The van der Waals surface area contributed by atoms with E-state index >= 15 is 0 Å². The standard InChI is InChI=1S/C23H29NO/c1-3-4-18-5-7-19(8-6-18)20-9-11-21(12-10-20)22-13-15-23(16-14-22)24-17(2)25/h9-16,18-19H,3-8H2,1-2H3,(H,24,25). The SMILES string of the molecule is CCCC1CCC(c2ccc(-c3ccc(NC(C)=O)cc3)cc2)CC1. The molecule has 0 spiro atoms. The fourth-order valence-electron chi connectivity index (χ4n) is 4.09. The summed E-state index contributed by atoms with van der Waals surface area (Å²) in [7, 11) is 0. The van der Waals surface area contributed by atoms with Crippen LogP contribution in [-0.4, -0.2) is 5.91 Å². The maximum Gasteiger partial charge on any atom is 0.221 e. The average molecular weight is 335 g/mol. The molecule has 0 aliphatic heterocycles. The van der Waals surface area contributed by atoms with Crippen LogP contribution < -0.4 is 5.32 Å². The fourth-order valence-corrected chi connectivity index (χ4v) is 4.09. The van der Waals surface area contributed by atoms with E-state index in [1.807, 2.05) is 12.1 Å². The Kier molecular flexibility index (Phi) is 5.91. The highest BCUT2D eigenvalue weighted by Crippen LogP contribution is 2.38. The van der Waals surface area contributed by atoms with Gasteiger partial charge >= 0.3 is 0 Å². The number of rotatable bonds is 5. The van der Waals surface area contributed by atoms with E-state index in [0.29, 0.717) is 0 Å². The molecule has 0 bridgehead atoms. The van der Waals surface area contributed by atoms with Gasteiger partial charge in [0.25, 0.3) is 0 Å². The molecule has 1 aliphatic carbocycles. The van der Waals surface area contributed by atoms with Gasteiger partial charge in [-0.25, -0.2) is 0 Å². The first-order valence-corrected chi connectivity index (χ1v) is 9.63. The molecule has 0 saturated heterocycles. The van der Waals surface area contributed by atoms with E-state index in [1.165, 1.54) is 62.1 Å². The Labute approximate surface area is 151 Å². The Bertz CT molecular complexity index is 679. The molecule has 0 aromatic heterocycles. The van der Waals surface area contributed by atoms with Gasteiger partial charge in [0.2, 0.25) is 5.91 Å². The van der Waals surface area contributed by atoms with Crippen molar-refractivity contribution in [2.24, 2.45) is 5.92 Å². The normalized spacial score (nSPS) is 20.2. The molecular formula is C23H29NO. The fraction of sp³-hybridized carbons (Fsp3) is 0.435. The van der Waals surface area contributed by atoms with Crippen molar-refractivity contribution in [1.82, 2.24) is 0 Å². The lowest BCUT2D eigenvalue weighted by Crippen LogP contribution is -2.13. The van der Waals surface area contributed by atoms with E-state index < -0.39 is 0 Å². The van der Waals surface area contributed by atoms with Gasteiger partial charge in [0.1, 0.15) is 0 Å². The molecule has 1 aliphatic rings. The molecule has 1 saturated carbocycles. The van der Waals surface area contributed by atoms with E-state index in [4.69, 9.17) is 0 Å². The molecular weight excluding hydrogens is 306 g/mol. The summed E-state index contributed by atoms with van der Waals surface area (Å²) in [6, 6.07) is 17.1. The molecule has 0 radical (unpaired) electrons. The molecule has 132 valence electrons. The molecule has 0 heterocycles. The summed E-state index contributed by atoms with van der Waals surface area (Å²) in [4.78, 5) is 11.1. The topological polar surface area (TPSA) is 29.1 Å². The zero-order valence-electron chi connectivity index (χ0n) is 15.4. The van der Waals surface area contributed by atoms with Gasteiger partial charge in [0.05, 0.1) is 0 Å². The van der Waals surface area contributed by atoms with Crippen molar-refractivity contribution < 1.29 is 4.79 Å². The van der Waals surface area contributed by atoms with Gasteiger partial charge in [-0.3, -0.25) is 4.79 Å². The van der Waals surface area contributed by atoms with Gasteiger partial charge in [-0.1, -0.05) is 56.2 Å². The van der Waals surface area contributed by atoms with Crippen LogP contribution in [0.15, 0.2) is 48.5 Å². The van der Waals surface area contributed by atoms with Crippen molar-refractivity contribution >= 4 is 11.6 Å². The molecule has 0 atom stereocenters. The zero-order valence-corrected chi connectivity index (χ0v) is 15.4. The smallest absolute Gasteiger partial charge is 0.221 e. The number of nitrogens with one attached hydrogen (secondary N) is 1. The van der Waals surface area contributed by atoms with Crippen molar-refractivity contribution in [3.63, 3.8) is 0 Å². The molecule has 25 heavy (non-hydrogen) atoms. The minimum Gasteiger partial charge on any atom is -0.326 e. The molecule has 2 heteroatoms. The highest BCUT2D eigenvalue weighted by molar-refractivity contribution is 5.89. The monoisotopic (exact) mass is 335 g/mol. The lowest BCUT2D eigenvalue weighted by Gasteiger charge is -2.28. The minimum absolute atomic E-state index is 0.0363. The van der Waals surface area contributed by atoms with Gasteiger partial charge in [-0.15, -0.1) is 0 Å². The molecule has 1 fully saturated rings. The first kappa shape index (κ1) is 17.7. The van der Waals surface area contributed by atoms with Gasteiger partial charge in [0, 0.05) is 12.6 Å². The van der Waals surface area contributed by atoms with E-state index in [2.05, 4.69) is 48.6 Å². The van der Waals surface area contributed by atoms with Crippen LogP contribution in [0, 0.1) is 5.92 Å². The summed E-state index contributed by atoms with van der Waals surface area (Å²) >= 11 is 0. The summed E-state index contributed by atoms with van der Waals surface area (Å²) in [5.74, 6) is 1.66.